The number of nitrogens with zero attached hydrogens (tertiary/aromatic N) is 1. The molecule has 0 saturated heterocycles. The highest BCUT2D eigenvalue weighted by atomic mass is 35.5. The number of alkyl halides is 3. The number of ketones is 1. The number of rotatable bonds is 5. The highest BCUT2D eigenvalue weighted by Crippen LogP contribution is 2.36. The first-order valence-electron chi connectivity index (χ1n) is 8.14. The Morgan fingerprint density at radius 3 is 2.37 bits per heavy atom. The molecule has 0 aliphatic carbocycles. The highest BCUT2D eigenvalue weighted by molar-refractivity contribution is 7.92. The van der Waals surface area contributed by atoms with E-state index in [0.717, 1.165) is 12.1 Å². The fourth-order valence-electron chi connectivity index (χ4n) is 2.52. The third-order valence-corrected chi connectivity index (χ3v) is 5.85. The van der Waals surface area contributed by atoms with E-state index >= 15 is 0 Å². The Morgan fingerprint density at radius 1 is 1.00 bits per heavy atom. The van der Waals surface area contributed by atoms with Crippen LogP contribution in [0, 0.1) is 0 Å². The summed E-state index contributed by atoms with van der Waals surface area (Å²) in [5.41, 5.74) is -1.55. The van der Waals surface area contributed by atoms with E-state index in [9.17, 15) is 26.4 Å². The van der Waals surface area contributed by atoms with E-state index in [1.807, 2.05) is 0 Å². The molecule has 30 heavy (non-hydrogen) atoms. The van der Waals surface area contributed by atoms with Gasteiger partial charge < -0.3 is 0 Å². The minimum Gasteiger partial charge on any atom is -0.287 e. The number of halogens is 5. The van der Waals surface area contributed by atoms with Gasteiger partial charge in [0.25, 0.3) is 10.0 Å². The Balaban J connectivity index is 2.04. The normalized spacial score (nSPS) is 11.9. The molecular formula is C19H11Cl2F3N2O3S. The first kappa shape index (κ1) is 22.1. The molecule has 0 unspecified atom stereocenters. The second-order valence-corrected chi connectivity index (χ2v) is 8.50. The maximum atomic E-state index is 13.1. The quantitative estimate of drug-likeness (QED) is 0.499. The van der Waals surface area contributed by atoms with Crippen molar-refractivity contribution >= 4 is 44.7 Å². The van der Waals surface area contributed by atoms with Gasteiger partial charge in [0.1, 0.15) is 5.69 Å². The summed E-state index contributed by atoms with van der Waals surface area (Å²) < 4.78 is 66.8. The van der Waals surface area contributed by atoms with Crippen molar-refractivity contribution in [2.24, 2.45) is 0 Å². The number of sulfonamides is 1. The molecule has 156 valence electrons. The van der Waals surface area contributed by atoms with Gasteiger partial charge in [-0.1, -0.05) is 29.3 Å². The summed E-state index contributed by atoms with van der Waals surface area (Å²) in [4.78, 5) is 16.0. The van der Waals surface area contributed by atoms with E-state index in [1.54, 1.807) is 12.1 Å². The van der Waals surface area contributed by atoms with Crippen LogP contribution in [0.5, 0.6) is 0 Å². The van der Waals surface area contributed by atoms with Crippen LogP contribution in [0.3, 0.4) is 0 Å². The first-order chi connectivity index (χ1) is 14.0. The van der Waals surface area contributed by atoms with Gasteiger partial charge in [-0.25, -0.2) is 8.42 Å². The van der Waals surface area contributed by atoms with Crippen molar-refractivity contribution in [3.63, 3.8) is 0 Å². The van der Waals surface area contributed by atoms with Crippen molar-refractivity contribution in [3.05, 3.63) is 87.7 Å². The lowest BCUT2D eigenvalue weighted by molar-refractivity contribution is -0.137. The molecule has 0 aliphatic rings. The Hall–Kier alpha value is -2.62. The van der Waals surface area contributed by atoms with Gasteiger partial charge in [0.15, 0.2) is 0 Å². The largest absolute Gasteiger partial charge is 0.417 e. The van der Waals surface area contributed by atoms with Crippen molar-refractivity contribution in [3.8, 4) is 0 Å². The number of anilines is 1. The van der Waals surface area contributed by atoms with Crippen LogP contribution in [0.4, 0.5) is 18.9 Å². The Kier molecular flexibility index (Phi) is 6.07. The van der Waals surface area contributed by atoms with Gasteiger partial charge in [-0.15, -0.1) is 0 Å². The monoisotopic (exact) mass is 474 g/mol. The molecule has 11 heteroatoms. The average molecular weight is 475 g/mol. The molecule has 1 heterocycles. The van der Waals surface area contributed by atoms with Crippen LogP contribution in [0.15, 0.2) is 65.7 Å². The third-order valence-electron chi connectivity index (χ3n) is 3.92. The molecule has 0 radical (unpaired) electrons. The van der Waals surface area contributed by atoms with E-state index in [-0.39, 0.29) is 22.0 Å². The lowest BCUT2D eigenvalue weighted by Gasteiger charge is -2.14. The van der Waals surface area contributed by atoms with E-state index in [0.29, 0.717) is 6.07 Å². The molecule has 0 atom stereocenters. The van der Waals surface area contributed by atoms with Crippen LogP contribution in [0.2, 0.25) is 10.0 Å². The van der Waals surface area contributed by atoms with Crippen LogP contribution >= 0.6 is 23.2 Å². The van der Waals surface area contributed by atoms with Gasteiger partial charge in [-0.05, 0) is 48.5 Å². The van der Waals surface area contributed by atoms with E-state index < -0.39 is 37.5 Å². The second kappa shape index (κ2) is 8.25. The van der Waals surface area contributed by atoms with Crippen LogP contribution in [-0.4, -0.2) is 19.2 Å². The van der Waals surface area contributed by atoms with Gasteiger partial charge >= 0.3 is 6.18 Å². The number of benzene rings is 2. The standard InChI is InChI=1S/C19H11Cl2F3N2O3S/c20-11-4-7-16(13(9-11)18(27)17-3-1-2-8-25-17)26-30(28,29)12-5-6-15(21)14(10-12)19(22,23)24/h1-10,26H. The number of hydrogen-bond acceptors (Lipinski definition) is 4. The average Bonchev–Trinajstić information content (AvgIpc) is 2.68. The Labute approximate surface area is 179 Å². The lowest BCUT2D eigenvalue weighted by Crippen LogP contribution is -2.17. The molecule has 5 nitrogen and oxygen atoms in total. The molecule has 0 aliphatic heterocycles. The molecule has 0 saturated carbocycles. The van der Waals surface area contributed by atoms with E-state index in [2.05, 4.69) is 9.71 Å². The van der Waals surface area contributed by atoms with Crippen LogP contribution in [0.1, 0.15) is 21.6 Å². The molecule has 0 amide bonds. The third kappa shape index (κ3) is 4.75. The lowest BCUT2D eigenvalue weighted by atomic mass is 10.1. The fraction of sp³-hybridized carbons (Fsp3) is 0.0526. The summed E-state index contributed by atoms with van der Waals surface area (Å²) in [6.45, 7) is 0. The van der Waals surface area contributed by atoms with E-state index in [1.165, 1.54) is 30.5 Å². The number of pyridine rings is 1. The zero-order valence-corrected chi connectivity index (χ0v) is 17.1. The van der Waals surface area contributed by atoms with Crippen LogP contribution < -0.4 is 4.72 Å². The number of nitrogens with one attached hydrogen (secondary N) is 1. The molecule has 1 aromatic heterocycles. The predicted octanol–water partition coefficient (Wildman–Crippen LogP) is 5.44. The van der Waals surface area contributed by atoms with Crippen LogP contribution in [-0.2, 0) is 16.2 Å². The molecule has 2 aromatic carbocycles. The van der Waals surface area contributed by atoms with Crippen molar-refractivity contribution in [2.45, 2.75) is 11.1 Å². The first-order valence-corrected chi connectivity index (χ1v) is 10.4. The number of hydrogen-bond donors (Lipinski definition) is 1. The molecule has 0 spiro atoms. The maximum Gasteiger partial charge on any atom is 0.417 e. The summed E-state index contributed by atoms with van der Waals surface area (Å²) in [6, 6.07) is 10.6. The second-order valence-electron chi connectivity index (χ2n) is 5.98. The van der Waals surface area contributed by atoms with Crippen molar-refractivity contribution in [1.82, 2.24) is 4.98 Å². The molecule has 3 rings (SSSR count). The zero-order chi connectivity index (χ0) is 22.1. The van der Waals surface area contributed by atoms with Gasteiger partial charge in [-0.2, -0.15) is 13.2 Å². The highest BCUT2D eigenvalue weighted by Gasteiger charge is 2.34. The van der Waals surface area contributed by atoms with Crippen molar-refractivity contribution in [2.75, 3.05) is 4.72 Å². The summed E-state index contributed by atoms with van der Waals surface area (Å²) in [5.74, 6) is -0.622. The van der Waals surface area contributed by atoms with Crippen LogP contribution in [0.25, 0.3) is 0 Å². The summed E-state index contributed by atoms with van der Waals surface area (Å²) >= 11 is 11.5. The number of carbonyl (C=O) groups is 1. The maximum absolute atomic E-state index is 13.1. The fourth-order valence-corrected chi connectivity index (χ4v) is 4.02. The topological polar surface area (TPSA) is 76.1 Å². The van der Waals surface area contributed by atoms with Gasteiger partial charge in [-0.3, -0.25) is 14.5 Å². The molecule has 3 aromatic rings. The summed E-state index contributed by atoms with van der Waals surface area (Å²) in [5, 5.41) is -0.484. The SMILES string of the molecule is O=C(c1ccccn1)c1cc(Cl)ccc1NS(=O)(=O)c1ccc(Cl)c(C(F)(F)F)c1. The van der Waals surface area contributed by atoms with Gasteiger partial charge in [0.2, 0.25) is 5.78 Å². The van der Waals surface area contributed by atoms with Gasteiger partial charge in [0.05, 0.1) is 21.2 Å². The summed E-state index contributed by atoms with van der Waals surface area (Å²) in [6.07, 6.45) is -3.46. The predicted molar refractivity (Wildman–Crippen MR) is 106 cm³/mol. The number of aromatic nitrogens is 1. The van der Waals surface area contributed by atoms with Crippen molar-refractivity contribution < 1.29 is 26.4 Å². The minimum atomic E-state index is -4.84. The Bertz CT molecular complexity index is 1220. The molecule has 0 fully saturated rings. The molecule has 0 bridgehead atoms. The van der Waals surface area contributed by atoms with E-state index in [4.69, 9.17) is 23.2 Å². The van der Waals surface area contributed by atoms with Gasteiger partial charge in [0, 0.05) is 16.8 Å². The molecular weight excluding hydrogens is 464 g/mol. The minimum absolute atomic E-state index is 0.0334. The van der Waals surface area contributed by atoms with Crippen molar-refractivity contribution in [1.29, 1.82) is 0 Å². The number of carbonyl (C=O) groups excluding carboxylic acids is 1. The summed E-state index contributed by atoms with van der Waals surface area (Å²) in [7, 11) is -4.49. The Morgan fingerprint density at radius 2 is 1.73 bits per heavy atom. The molecule has 1 N–H and O–H groups in total. The smallest absolute Gasteiger partial charge is 0.287 e. The zero-order valence-electron chi connectivity index (χ0n) is 14.7.